The van der Waals surface area contributed by atoms with Gasteiger partial charge in [-0.05, 0) is 57.4 Å². The molecule has 0 aromatic rings. The molecule has 2 heterocycles. The molecule has 0 bridgehead atoms. The lowest BCUT2D eigenvalue weighted by Gasteiger charge is -2.54. The maximum absolute atomic E-state index is 3.85. The van der Waals surface area contributed by atoms with Crippen LogP contribution in [-0.2, 0) is 0 Å². The molecule has 0 aromatic carbocycles. The van der Waals surface area contributed by atoms with Crippen LogP contribution in [0.5, 0.6) is 0 Å². The van der Waals surface area contributed by atoms with Gasteiger partial charge in [0.15, 0.2) is 0 Å². The number of likely N-dealkylation sites (tertiary alicyclic amines) is 2. The van der Waals surface area contributed by atoms with E-state index < -0.39 is 0 Å². The van der Waals surface area contributed by atoms with Gasteiger partial charge in [-0.3, -0.25) is 0 Å². The summed E-state index contributed by atoms with van der Waals surface area (Å²) in [6, 6.07) is 0. The van der Waals surface area contributed by atoms with Gasteiger partial charge in [0.1, 0.15) is 0 Å². The molecule has 0 saturated carbocycles. The smallest absolute Gasteiger partial charge is 0.0247 e. The van der Waals surface area contributed by atoms with Crippen molar-refractivity contribution < 1.29 is 0 Å². The number of nitrogens with zero attached hydrogens (tertiary/aromatic N) is 2. The molecule has 2 fully saturated rings. The van der Waals surface area contributed by atoms with Crippen LogP contribution in [-0.4, -0.2) is 42.5 Å². The number of hydrogen-bond acceptors (Lipinski definition) is 2. The van der Waals surface area contributed by atoms with E-state index in [0.717, 1.165) is 5.92 Å². The average molecular weight is 236 g/mol. The van der Waals surface area contributed by atoms with Crippen LogP contribution in [0.25, 0.3) is 0 Å². The highest BCUT2D eigenvalue weighted by Crippen LogP contribution is 2.40. The van der Waals surface area contributed by atoms with Crippen molar-refractivity contribution in [3.8, 4) is 0 Å². The predicted molar refractivity (Wildman–Crippen MR) is 73.9 cm³/mol. The Labute approximate surface area is 107 Å². The summed E-state index contributed by atoms with van der Waals surface area (Å²) in [5, 5.41) is 0. The molecule has 0 radical (unpaired) electrons. The third kappa shape index (κ3) is 3.25. The molecule has 2 aliphatic heterocycles. The molecule has 1 spiro atoms. The molecule has 2 heteroatoms. The second kappa shape index (κ2) is 5.43. The van der Waals surface area contributed by atoms with Gasteiger partial charge in [0, 0.05) is 18.5 Å². The van der Waals surface area contributed by atoms with Crippen LogP contribution in [0.15, 0.2) is 12.8 Å². The lowest BCUT2D eigenvalue weighted by atomic mass is 9.72. The maximum atomic E-state index is 3.85. The predicted octanol–water partition coefficient (Wildman–Crippen LogP) is 2.96. The monoisotopic (exact) mass is 236 g/mol. The van der Waals surface area contributed by atoms with E-state index in [9.17, 15) is 0 Å². The zero-order valence-corrected chi connectivity index (χ0v) is 11.6. The Hall–Kier alpha value is -0.500. The second-order valence-corrected chi connectivity index (χ2v) is 6.47. The topological polar surface area (TPSA) is 6.48 Å². The summed E-state index contributed by atoms with van der Waals surface area (Å²) in [4.78, 5) is 5.03. The largest absolute Gasteiger partial charge is 0.377 e. The fraction of sp³-hybridized carbons (Fsp3) is 0.867. The van der Waals surface area contributed by atoms with Crippen LogP contribution in [0.3, 0.4) is 0 Å². The quantitative estimate of drug-likeness (QED) is 0.724. The van der Waals surface area contributed by atoms with E-state index in [2.05, 4.69) is 30.2 Å². The van der Waals surface area contributed by atoms with E-state index in [1.165, 1.54) is 58.4 Å². The van der Waals surface area contributed by atoms with Crippen molar-refractivity contribution in [1.82, 2.24) is 9.80 Å². The third-order valence-electron chi connectivity index (χ3n) is 4.51. The molecule has 0 aliphatic carbocycles. The van der Waals surface area contributed by atoms with Crippen molar-refractivity contribution in [2.45, 2.75) is 39.5 Å². The molecule has 98 valence electrons. The third-order valence-corrected chi connectivity index (χ3v) is 4.51. The minimum Gasteiger partial charge on any atom is -0.377 e. The first kappa shape index (κ1) is 12.9. The summed E-state index contributed by atoms with van der Waals surface area (Å²) in [6.45, 7) is 15.0. The first-order chi connectivity index (χ1) is 8.13. The highest BCUT2D eigenvalue weighted by Gasteiger charge is 2.43. The summed E-state index contributed by atoms with van der Waals surface area (Å²) in [5.41, 5.74) is 0.655. The van der Waals surface area contributed by atoms with Crippen molar-refractivity contribution in [1.29, 1.82) is 0 Å². The molecule has 2 aliphatic rings. The van der Waals surface area contributed by atoms with Gasteiger partial charge in [-0.2, -0.15) is 0 Å². The Morgan fingerprint density at radius 3 is 2.41 bits per heavy atom. The molecule has 0 N–H and O–H groups in total. The van der Waals surface area contributed by atoms with Crippen LogP contribution in [0.1, 0.15) is 39.5 Å². The van der Waals surface area contributed by atoms with Gasteiger partial charge in [0.05, 0.1) is 0 Å². The normalized spacial score (nSPS) is 24.1. The molecule has 2 rings (SSSR count). The van der Waals surface area contributed by atoms with Crippen molar-refractivity contribution in [3.63, 3.8) is 0 Å². The van der Waals surface area contributed by atoms with E-state index in [-0.39, 0.29) is 0 Å². The van der Waals surface area contributed by atoms with Crippen LogP contribution in [0.4, 0.5) is 0 Å². The van der Waals surface area contributed by atoms with Gasteiger partial charge in [-0.25, -0.2) is 0 Å². The molecule has 0 aromatic heterocycles. The Morgan fingerprint density at radius 2 is 1.88 bits per heavy atom. The Bertz CT molecular complexity index is 244. The van der Waals surface area contributed by atoms with E-state index >= 15 is 0 Å². The number of hydrogen-bond donors (Lipinski definition) is 0. The zero-order chi connectivity index (χ0) is 12.3. The Balaban J connectivity index is 1.63. The lowest BCUT2D eigenvalue weighted by molar-refractivity contribution is -0.0192. The fourth-order valence-corrected chi connectivity index (χ4v) is 3.23. The lowest BCUT2D eigenvalue weighted by Crippen LogP contribution is -2.58. The Kier molecular flexibility index (Phi) is 4.13. The molecule has 0 unspecified atom stereocenters. The highest BCUT2D eigenvalue weighted by atomic mass is 15.2. The summed E-state index contributed by atoms with van der Waals surface area (Å²) >= 11 is 0. The number of rotatable bonds is 5. The molecule has 2 nitrogen and oxygen atoms in total. The van der Waals surface area contributed by atoms with Gasteiger partial charge >= 0.3 is 0 Å². The summed E-state index contributed by atoms with van der Waals surface area (Å²) in [5.74, 6) is 0.860. The van der Waals surface area contributed by atoms with E-state index in [4.69, 9.17) is 0 Å². The minimum absolute atomic E-state index is 0.655. The molecular formula is C15H28N2. The molecule has 17 heavy (non-hydrogen) atoms. The summed E-state index contributed by atoms with van der Waals surface area (Å²) in [7, 11) is 0. The van der Waals surface area contributed by atoms with E-state index in [1.807, 2.05) is 6.20 Å². The number of piperidine rings is 1. The first-order valence-electron chi connectivity index (χ1n) is 7.22. The molecule has 0 amide bonds. The van der Waals surface area contributed by atoms with Crippen molar-refractivity contribution >= 4 is 0 Å². The van der Waals surface area contributed by atoms with E-state index in [0.29, 0.717) is 5.41 Å². The first-order valence-corrected chi connectivity index (χ1v) is 7.22. The van der Waals surface area contributed by atoms with Gasteiger partial charge < -0.3 is 9.80 Å². The van der Waals surface area contributed by atoms with Crippen LogP contribution < -0.4 is 0 Å². The fourth-order valence-electron chi connectivity index (χ4n) is 3.23. The van der Waals surface area contributed by atoms with Gasteiger partial charge in [0.2, 0.25) is 0 Å². The molecular weight excluding hydrogens is 208 g/mol. The highest BCUT2D eigenvalue weighted by molar-refractivity contribution is 5.00. The van der Waals surface area contributed by atoms with Crippen LogP contribution in [0.2, 0.25) is 0 Å². The standard InChI is InChI=1S/C15H28N2/c1-4-16-12-15(13-16)7-10-17(11-8-15)9-5-6-14(2)3/h4,14H,1,5-13H2,2-3H3. The second-order valence-electron chi connectivity index (χ2n) is 6.47. The van der Waals surface area contributed by atoms with E-state index in [1.54, 1.807) is 0 Å². The van der Waals surface area contributed by atoms with Crippen molar-refractivity contribution in [2.75, 3.05) is 32.7 Å². The maximum Gasteiger partial charge on any atom is 0.0247 e. The van der Waals surface area contributed by atoms with Crippen molar-refractivity contribution in [3.05, 3.63) is 12.8 Å². The molecule has 0 atom stereocenters. The molecule has 2 saturated heterocycles. The summed E-state index contributed by atoms with van der Waals surface area (Å²) in [6.07, 6.45) is 7.56. The van der Waals surface area contributed by atoms with Gasteiger partial charge in [0.25, 0.3) is 0 Å². The van der Waals surface area contributed by atoms with Crippen LogP contribution >= 0.6 is 0 Å². The zero-order valence-electron chi connectivity index (χ0n) is 11.6. The van der Waals surface area contributed by atoms with Crippen molar-refractivity contribution in [2.24, 2.45) is 11.3 Å². The van der Waals surface area contributed by atoms with Gasteiger partial charge in [-0.15, -0.1) is 0 Å². The van der Waals surface area contributed by atoms with Gasteiger partial charge in [-0.1, -0.05) is 20.4 Å². The summed E-state index contributed by atoms with van der Waals surface area (Å²) < 4.78 is 0. The average Bonchev–Trinajstić information content (AvgIpc) is 2.26. The van der Waals surface area contributed by atoms with Crippen LogP contribution in [0, 0.1) is 11.3 Å². The Morgan fingerprint density at radius 1 is 1.24 bits per heavy atom. The SMILES string of the molecule is C=CN1CC2(CCN(CCCC(C)C)CC2)C1. The minimum atomic E-state index is 0.655.